The lowest BCUT2D eigenvalue weighted by Gasteiger charge is -2.56. The Bertz CT molecular complexity index is 697. The minimum atomic E-state index is -0.741. The SMILES string of the molecule is CC(CCC(=O)O)C1CCC2C3CC[C@@H]4C[C@H](O)CC[C@]4(C)C3=CC(=O)[C@]12C. The van der Waals surface area contributed by atoms with Crippen LogP contribution in [0.5, 0.6) is 0 Å². The number of rotatable bonds is 4. The van der Waals surface area contributed by atoms with Gasteiger partial charge in [0.2, 0.25) is 0 Å². The van der Waals surface area contributed by atoms with Gasteiger partial charge in [0.25, 0.3) is 0 Å². The van der Waals surface area contributed by atoms with Crippen LogP contribution in [0.2, 0.25) is 0 Å². The first kappa shape index (κ1) is 20.1. The van der Waals surface area contributed by atoms with Crippen LogP contribution in [0, 0.1) is 40.4 Å². The van der Waals surface area contributed by atoms with Crippen LogP contribution in [-0.4, -0.2) is 28.1 Å². The molecule has 28 heavy (non-hydrogen) atoms. The van der Waals surface area contributed by atoms with Crippen molar-refractivity contribution in [2.24, 2.45) is 40.4 Å². The van der Waals surface area contributed by atoms with Gasteiger partial charge in [-0.3, -0.25) is 9.59 Å². The summed E-state index contributed by atoms with van der Waals surface area (Å²) in [4.78, 5) is 24.6. The monoisotopic (exact) mass is 388 g/mol. The fraction of sp³-hybridized carbons (Fsp3) is 0.833. The van der Waals surface area contributed by atoms with Crippen molar-refractivity contribution in [3.8, 4) is 0 Å². The molecule has 0 radical (unpaired) electrons. The normalized spacial score (nSPS) is 46.2. The van der Waals surface area contributed by atoms with Gasteiger partial charge in [0.15, 0.2) is 5.78 Å². The number of hydrogen-bond donors (Lipinski definition) is 2. The number of carbonyl (C=O) groups excluding carboxylic acids is 1. The van der Waals surface area contributed by atoms with E-state index in [9.17, 15) is 14.7 Å². The first-order valence-corrected chi connectivity index (χ1v) is 11.3. The summed E-state index contributed by atoms with van der Waals surface area (Å²) in [6, 6.07) is 0. The summed E-state index contributed by atoms with van der Waals surface area (Å²) < 4.78 is 0. The van der Waals surface area contributed by atoms with Crippen LogP contribution in [0.25, 0.3) is 0 Å². The summed E-state index contributed by atoms with van der Waals surface area (Å²) in [5, 5.41) is 19.2. The molecule has 0 amide bonds. The molecule has 8 atom stereocenters. The average Bonchev–Trinajstić information content (AvgIpc) is 3.00. The van der Waals surface area contributed by atoms with Crippen molar-refractivity contribution in [2.45, 2.75) is 84.7 Å². The number of hydrogen-bond acceptors (Lipinski definition) is 3. The zero-order chi connectivity index (χ0) is 20.3. The maximum absolute atomic E-state index is 13.5. The van der Waals surface area contributed by atoms with E-state index < -0.39 is 5.97 Å². The molecule has 156 valence electrons. The second-order valence-corrected chi connectivity index (χ2v) is 10.7. The predicted octanol–water partition coefficient (Wildman–Crippen LogP) is 4.61. The maximum atomic E-state index is 13.5. The van der Waals surface area contributed by atoms with Crippen LogP contribution in [0.15, 0.2) is 11.6 Å². The molecule has 0 aliphatic heterocycles. The highest BCUT2D eigenvalue weighted by Crippen LogP contribution is 2.65. The van der Waals surface area contributed by atoms with E-state index in [4.69, 9.17) is 5.11 Å². The third kappa shape index (κ3) is 2.89. The molecule has 4 aliphatic rings. The number of aliphatic carboxylic acids is 1. The minimum absolute atomic E-state index is 0.0755. The molecule has 3 fully saturated rings. The van der Waals surface area contributed by atoms with Crippen molar-refractivity contribution < 1.29 is 19.8 Å². The van der Waals surface area contributed by atoms with Gasteiger partial charge in [-0.15, -0.1) is 0 Å². The summed E-state index contributed by atoms with van der Waals surface area (Å²) >= 11 is 0. The van der Waals surface area contributed by atoms with E-state index in [0.717, 1.165) is 44.9 Å². The summed E-state index contributed by atoms with van der Waals surface area (Å²) in [6.45, 7) is 6.68. The zero-order valence-electron chi connectivity index (χ0n) is 17.6. The zero-order valence-corrected chi connectivity index (χ0v) is 17.6. The van der Waals surface area contributed by atoms with E-state index in [0.29, 0.717) is 35.9 Å². The number of aliphatic hydroxyl groups is 1. The van der Waals surface area contributed by atoms with E-state index in [1.807, 2.05) is 6.08 Å². The number of carboxylic acids is 1. The predicted molar refractivity (Wildman–Crippen MR) is 108 cm³/mol. The van der Waals surface area contributed by atoms with Gasteiger partial charge in [-0.2, -0.15) is 0 Å². The summed E-state index contributed by atoms with van der Waals surface area (Å²) in [5.74, 6) is 1.51. The van der Waals surface area contributed by atoms with Crippen LogP contribution in [0.1, 0.15) is 78.6 Å². The van der Waals surface area contributed by atoms with E-state index in [1.54, 1.807) is 0 Å². The third-order valence-electron chi connectivity index (χ3n) is 9.47. The molecule has 4 rings (SSSR count). The van der Waals surface area contributed by atoms with Crippen LogP contribution in [0.3, 0.4) is 0 Å². The van der Waals surface area contributed by atoms with Gasteiger partial charge in [-0.05, 0) is 92.4 Å². The number of carbonyl (C=O) groups is 2. The molecule has 0 aromatic rings. The average molecular weight is 389 g/mol. The molecule has 0 heterocycles. The molecule has 4 heteroatoms. The summed E-state index contributed by atoms with van der Waals surface area (Å²) in [7, 11) is 0. The fourth-order valence-electron chi connectivity index (χ4n) is 7.79. The smallest absolute Gasteiger partial charge is 0.303 e. The van der Waals surface area contributed by atoms with Crippen LogP contribution in [-0.2, 0) is 9.59 Å². The van der Waals surface area contributed by atoms with Crippen molar-refractivity contribution in [1.29, 1.82) is 0 Å². The molecule has 0 bridgehead atoms. The van der Waals surface area contributed by atoms with Gasteiger partial charge in [0.05, 0.1) is 6.10 Å². The molecule has 0 spiro atoms. The van der Waals surface area contributed by atoms with Gasteiger partial charge < -0.3 is 10.2 Å². The topological polar surface area (TPSA) is 74.6 Å². The van der Waals surface area contributed by atoms with Gasteiger partial charge in [0.1, 0.15) is 0 Å². The fourth-order valence-corrected chi connectivity index (χ4v) is 7.79. The Balaban J connectivity index is 1.63. The maximum Gasteiger partial charge on any atom is 0.303 e. The van der Waals surface area contributed by atoms with Crippen molar-refractivity contribution >= 4 is 11.8 Å². The van der Waals surface area contributed by atoms with E-state index >= 15 is 0 Å². The molecular formula is C24H36O4. The lowest BCUT2D eigenvalue weighted by Crippen LogP contribution is -2.52. The number of aliphatic hydroxyl groups excluding tert-OH is 1. The number of allylic oxidation sites excluding steroid dienone is 2. The molecular weight excluding hydrogens is 352 g/mol. The van der Waals surface area contributed by atoms with E-state index in [2.05, 4.69) is 20.8 Å². The standard InChI is InChI=1S/C24H36O4/c1-14(4-9-22(27)28)18-7-8-19-17-6-5-15-12-16(25)10-11-23(15,2)20(17)13-21(26)24(18,19)3/h13-19,25H,4-12H2,1-3H3,(H,27,28)/t14?,15-,16-,17?,18?,19?,23+,24-/m1/s1. The Morgan fingerprint density at radius 1 is 1.21 bits per heavy atom. The lowest BCUT2D eigenvalue weighted by molar-refractivity contribution is -0.137. The van der Waals surface area contributed by atoms with Crippen molar-refractivity contribution in [1.82, 2.24) is 0 Å². The van der Waals surface area contributed by atoms with E-state index in [-0.39, 0.29) is 29.3 Å². The molecule has 4 unspecified atom stereocenters. The summed E-state index contributed by atoms with van der Waals surface area (Å²) in [6.07, 6.45) is 9.87. The van der Waals surface area contributed by atoms with Gasteiger partial charge >= 0.3 is 5.97 Å². The van der Waals surface area contributed by atoms with Crippen molar-refractivity contribution in [3.63, 3.8) is 0 Å². The lowest BCUT2D eigenvalue weighted by atomic mass is 9.48. The third-order valence-corrected chi connectivity index (χ3v) is 9.47. The Kier molecular flexibility index (Phi) is 5.01. The van der Waals surface area contributed by atoms with Crippen LogP contribution >= 0.6 is 0 Å². The Morgan fingerprint density at radius 2 is 1.96 bits per heavy atom. The van der Waals surface area contributed by atoms with Crippen LogP contribution in [0.4, 0.5) is 0 Å². The largest absolute Gasteiger partial charge is 0.481 e. The van der Waals surface area contributed by atoms with Crippen molar-refractivity contribution in [3.05, 3.63) is 11.6 Å². The highest BCUT2D eigenvalue weighted by molar-refractivity contribution is 5.97. The van der Waals surface area contributed by atoms with Crippen LogP contribution < -0.4 is 0 Å². The number of fused-ring (bicyclic) bond motifs is 5. The molecule has 4 nitrogen and oxygen atoms in total. The second kappa shape index (κ2) is 6.97. The minimum Gasteiger partial charge on any atom is -0.481 e. The molecule has 4 aliphatic carbocycles. The van der Waals surface area contributed by atoms with Crippen molar-refractivity contribution in [2.75, 3.05) is 0 Å². The number of carboxylic acid groups (broad SMARTS) is 1. The first-order chi connectivity index (χ1) is 13.2. The Hall–Kier alpha value is -1.16. The highest BCUT2D eigenvalue weighted by atomic mass is 16.4. The quantitative estimate of drug-likeness (QED) is 0.738. The van der Waals surface area contributed by atoms with Gasteiger partial charge in [0, 0.05) is 11.8 Å². The Morgan fingerprint density at radius 3 is 2.68 bits per heavy atom. The second-order valence-electron chi connectivity index (χ2n) is 10.7. The molecule has 0 saturated heterocycles. The van der Waals surface area contributed by atoms with Gasteiger partial charge in [-0.1, -0.05) is 26.3 Å². The van der Waals surface area contributed by atoms with Gasteiger partial charge in [-0.25, -0.2) is 0 Å². The molecule has 3 saturated carbocycles. The molecule has 2 N–H and O–H groups in total. The van der Waals surface area contributed by atoms with E-state index in [1.165, 1.54) is 5.57 Å². The molecule has 0 aromatic carbocycles. The highest BCUT2D eigenvalue weighted by Gasteiger charge is 2.60. The first-order valence-electron chi connectivity index (χ1n) is 11.3. The molecule has 0 aromatic heterocycles. The Labute approximate surface area is 168 Å². The number of ketones is 1. The summed E-state index contributed by atoms with van der Waals surface area (Å²) in [5.41, 5.74) is 1.14.